The third kappa shape index (κ3) is 7.09. The molecule has 0 aliphatic heterocycles. The average molecular weight is 403 g/mol. The maximum absolute atomic E-state index is 4.43. The summed E-state index contributed by atoms with van der Waals surface area (Å²) >= 11 is 5.17. The first-order valence-corrected chi connectivity index (χ1v) is 8.81. The molecule has 0 saturated carbocycles. The van der Waals surface area contributed by atoms with Gasteiger partial charge < -0.3 is 5.32 Å². The predicted octanol–water partition coefficient (Wildman–Crippen LogP) is 4.55. The van der Waals surface area contributed by atoms with Crippen molar-refractivity contribution in [2.75, 3.05) is 12.3 Å². The molecule has 1 aromatic heterocycles. The molecule has 3 nitrogen and oxygen atoms in total. The predicted molar refractivity (Wildman–Crippen MR) is 99.9 cm³/mol. The van der Waals surface area contributed by atoms with E-state index in [4.69, 9.17) is 0 Å². The zero-order chi connectivity index (χ0) is 15.1. The lowest BCUT2D eigenvalue weighted by atomic mass is 10.2. The van der Waals surface area contributed by atoms with Gasteiger partial charge in [-0.25, -0.2) is 9.97 Å². The Morgan fingerprint density at radius 1 is 1.09 bits per heavy atom. The van der Waals surface area contributed by atoms with E-state index in [0.29, 0.717) is 0 Å². The standard InChI is InChI=1S/C16H20BrN3S.ClH/c1-12-10-13(2)20-16(19-12)21-9-3-8-18-11-14-4-6-15(17)7-5-14;/h4-7,10,18H,3,8-9,11H2,1-2H3;1H. The molecule has 0 aliphatic carbocycles. The molecule has 1 aromatic carbocycles. The van der Waals surface area contributed by atoms with Crippen molar-refractivity contribution in [2.24, 2.45) is 0 Å². The Hall–Kier alpha value is -0.620. The van der Waals surface area contributed by atoms with Gasteiger partial charge in [0.15, 0.2) is 5.16 Å². The molecular weight excluding hydrogens is 382 g/mol. The molecule has 2 aromatic rings. The van der Waals surface area contributed by atoms with Gasteiger partial charge in [0.05, 0.1) is 0 Å². The Labute approximate surface area is 151 Å². The Bertz CT molecular complexity index is 558. The van der Waals surface area contributed by atoms with Gasteiger partial charge in [-0.1, -0.05) is 39.8 Å². The minimum atomic E-state index is 0. The molecule has 0 saturated heterocycles. The van der Waals surface area contributed by atoms with Crippen molar-refractivity contribution >= 4 is 40.1 Å². The van der Waals surface area contributed by atoms with E-state index < -0.39 is 0 Å². The highest BCUT2D eigenvalue weighted by Gasteiger charge is 2.00. The van der Waals surface area contributed by atoms with E-state index in [1.54, 1.807) is 11.8 Å². The van der Waals surface area contributed by atoms with E-state index in [0.717, 1.165) is 46.3 Å². The first-order valence-electron chi connectivity index (χ1n) is 7.04. The van der Waals surface area contributed by atoms with Gasteiger partial charge in [0.25, 0.3) is 0 Å². The number of halogens is 2. The molecular formula is C16H21BrClN3S. The molecule has 0 aliphatic rings. The SMILES string of the molecule is Cc1cc(C)nc(SCCCNCc2ccc(Br)cc2)n1.Cl. The van der Waals surface area contributed by atoms with Crippen LogP contribution in [-0.4, -0.2) is 22.3 Å². The van der Waals surface area contributed by atoms with Crippen molar-refractivity contribution in [3.8, 4) is 0 Å². The van der Waals surface area contributed by atoms with Crippen LogP contribution in [0, 0.1) is 13.8 Å². The Kier molecular flexibility index (Phi) is 9.02. The van der Waals surface area contributed by atoms with Gasteiger partial charge in [-0.15, -0.1) is 12.4 Å². The van der Waals surface area contributed by atoms with Gasteiger partial charge in [0.2, 0.25) is 0 Å². The topological polar surface area (TPSA) is 37.8 Å². The zero-order valence-corrected chi connectivity index (χ0v) is 16.0. The van der Waals surface area contributed by atoms with Crippen molar-refractivity contribution in [2.45, 2.75) is 32.0 Å². The first kappa shape index (κ1) is 19.4. The molecule has 120 valence electrons. The highest BCUT2D eigenvalue weighted by molar-refractivity contribution is 9.10. The molecule has 1 heterocycles. The third-order valence-electron chi connectivity index (χ3n) is 2.93. The van der Waals surface area contributed by atoms with Crippen LogP contribution in [-0.2, 0) is 6.54 Å². The fraction of sp³-hybridized carbons (Fsp3) is 0.375. The summed E-state index contributed by atoms with van der Waals surface area (Å²) in [5.41, 5.74) is 3.39. The van der Waals surface area contributed by atoms with Gasteiger partial charge >= 0.3 is 0 Å². The van der Waals surface area contributed by atoms with Gasteiger partial charge in [-0.2, -0.15) is 0 Å². The molecule has 22 heavy (non-hydrogen) atoms. The lowest BCUT2D eigenvalue weighted by Crippen LogP contribution is -2.15. The summed E-state index contributed by atoms with van der Waals surface area (Å²) in [6.45, 7) is 5.95. The molecule has 0 radical (unpaired) electrons. The van der Waals surface area contributed by atoms with Crippen LogP contribution in [0.4, 0.5) is 0 Å². The van der Waals surface area contributed by atoms with Crippen molar-refractivity contribution < 1.29 is 0 Å². The van der Waals surface area contributed by atoms with E-state index in [9.17, 15) is 0 Å². The summed E-state index contributed by atoms with van der Waals surface area (Å²) in [4.78, 5) is 8.87. The summed E-state index contributed by atoms with van der Waals surface area (Å²) in [6, 6.07) is 10.4. The minimum Gasteiger partial charge on any atom is -0.313 e. The van der Waals surface area contributed by atoms with Crippen molar-refractivity contribution in [1.82, 2.24) is 15.3 Å². The number of aromatic nitrogens is 2. The fourth-order valence-corrected chi connectivity index (χ4v) is 3.11. The molecule has 0 amide bonds. The monoisotopic (exact) mass is 401 g/mol. The van der Waals surface area contributed by atoms with Crippen molar-refractivity contribution in [1.29, 1.82) is 0 Å². The summed E-state index contributed by atoms with van der Waals surface area (Å²) in [7, 11) is 0. The first-order chi connectivity index (χ1) is 10.1. The van der Waals surface area contributed by atoms with Gasteiger partial charge in [-0.05, 0) is 50.6 Å². The molecule has 0 bridgehead atoms. The maximum atomic E-state index is 4.43. The molecule has 0 spiro atoms. The smallest absolute Gasteiger partial charge is 0.187 e. The average Bonchev–Trinajstić information content (AvgIpc) is 2.43. The van der Waals surface area contributed by atoms with Crippen LogP contribution in [0.1, 0.15) is 23.4 Å². The summed E-state index contributed by atoms with van der Waals surface area (Å²) in [5, 5.41) is 4.35. The van der Waals surface area contributed by atoms with Gasteiger partial charge in [0, 0.05) is 28.2 Å². The van der Waals surface area contributed by atoms with E-state index in [2.05, 4.69) is 55.5 Å². The van der Waals surface area contributed by atoms with Crippen LogP contribution in [0.5, 0.6) is 0 Å². The van der Waals surface area contributed by atoms with Crippen LogP contribution in [0.2, 0.25) is 0 Å². The second kappa shape index (κ2) is 10.2. The number of nitrogens with zero attached hydrogens (tertiary/aromatic N) is 2. The molecule has 6 heteroatoms. The number of thioether (sulfide) groups is 1. The van der Waals surface area contributed by atoms with E-state index in [1.807, 2.05) is 19.9 Å². The van der Waals surface area contributed by atoms with Crippen LogP contribution in [0.3, 0.4) is 0 Å². The Morgan fingerprint density at radius 2 is 1.73 bits per heavy atom. The number of benzene rings is 1. The number of nitrogens with one attached hydrogen (secondary N) is 1. The lowest BCUT2D eigenvalue weighted by molar-refractivity contribution is 0.678. The zero-order valence-electron chi connectivity index (χ0n) is 12.8. The Balaban J connectivity index is 0.00000242. The highest BCUT2D eigenvalue weighted by atomic mass is 79.9. The summed E-state index contributed by atoms with van der Waals surface area (Å²) in [5.74, 6) is 1.04. The molecule has 0 unspecified atom stereocenters. The van der Waals surface area contributed by atoms with E-state index in [-0.39, 0.29) is 12.4 Å². The largest absolute Gasteiger partial charge is 0.313 e. The molecule has 2 rings (SSSR count). The normalized spacial score (nSPS) is 10.3. The second-order valence-electron chi connectivity index (χ2n) is 4.94. The van der Waals surface area contributed by atoms with Gasteiger partial charge in [-0.3, -0.25) is 0 Å². The quantitative estimate of drug-likeness (QED) is 0.419. The highest BCUT2D eigenvalue weighted by Crippen LogP contribution is 2.15. The number of aryl methyl sites for hydroxylation is 2. The van der Waals surface area contributed by atoms with E-state index >= 15 is 0 Å². The molecule has 0 fully saturated rings. The van der Waals surface area contributed by atoms with Crippen molar-refractivity contribution in [3.63, 3.8) is 0 Å². The summed E-state index contributed by atoms with van der Waals surface area (Å²) < 4.78 is 1.12. The number of hydrogen-bond donors (Lipinski definition) is 1. The molecule has 1 N–H and O–H groups in total. The number of rotatable bonds is 7. The van der Waals surface area contributed by atoms with Crippen LogP contribution in [0.25, 0.3) is 0 Å². The lowest BCUT2D eigenvalue weighted by Gasteiger charge is -2.05. The van der Waals surface area contributed by atoms with Gasteiger partial charge in [0.1, 0.15) is 0 Å². The van der Waals surface area contributed by atoms with Crippen LogP contribution >= 0.6 is 40.1 Å². The maximum Gasteiger partial charge on any atom is 0.187 e. The fourth-order valence-electron chi connectivity index (χ4n) is 1.95. The van der Waals surface area contributed by atoms with Crippen molar-refractivity contribution in [3.05, 3.63) is 51.8 Å². The summed E-state index contributed by atoms with van der Waals surface area (Å²) in [6.07, 6.45) is 1.11. The molecule has 0 atom stereocenters. The van der Waals surface area contributed by atoms with Crippen LogP contribution in [0.15, 0.2) is 40.0 Å². The van der Waals surface area contributed by atoms with E-state index in [1.165, 1.54) is 5.56 Å². The number of hydrogen-bond acceptors (Lipinski definition) is 4. The second-order valence-corrected chi connectivity index (χ2v) is 6.92. The van der Waals surface area contributed by atoms with Crippen LogP contribution < -0.4 is 5.32 Å². The third-order valence-corrected chi connectivity index (χ3v) is 4.40. The Morgan fingerprint density at radius 3 is 2.36 bits per heavy atom. The minimum absolute atomic E-state index is 0.